The molecule has 1 saturated heterocycles. The number of nitrogens with zero attached hydrogens (tertiary/aromatic N) is 1. The van der Waals surface area contributed by atoms with Crippen LogP contribution in [0.2, 0.25) is 0 Å². The fourth-order valence-corrected chi connectivity index (χ4v) is 4.98. The van der Waals surface area contributed by atoms with Crippen LogP contribution in [0.4, 0.5) is 0 Å². The highest BCUT2D eigenvalue weighted by molar-refractivity contribution is 4.95. The summed E-state index contributed by atoms with van der Waals surface area (Å²) in [6.07, 6.45) is 5.45. The van der Waals surface area contributed by atoms with Gasteiger partial charge in [0.15, 0.2) is 0 Å². The lowest BCUT2D eigenvalue weighted by Gasteiger charge is -2.51. The number of nitrogens with one attached hydrogen (secondary N) is 1. The summed E-state index contributed by atoms with van der Waals surface area (Å²) < 4.78 is 0. The maximum atomic E-state index is 3.48. The van der Waals surface area contributed by atoms with Gasteiger partial charge in [0, 0.05) is 18.6 Å². The first-order valence-corrected chi connectivity index (χ1v) is 8.14. The number of likely N-dealkylation sites (tertiary alicyclic amines) is 1. The van der Waals surface area contributed by atoms with Crippen LogP contribution < -0.4 is 5.32 Å². The molecule has 0 amide bonds. The SMILES string of the molecule is CNC1CCN(C2CC(C)(C)CC(C)(C)C2)CC1C. The molecule has 2 atom stereocenters. The lowest BCUT2D eigenvalue weighted by atomic mass is 9.63. The number of rotatable bonds is 2. The summed E-state index contributed by atoms with van der Waals surface area (Å²) >= 11 is 0. The van der Waals surface area contributed by atoms with Crippen molar-refractivity contribution in [3.63, 3.8) is 0 Å². The summed E-state index contributed by atoms with van der Waals surface area (Å²) in [7, 11) is 2.11. The Morgan fingerprint density at radius 1 is 1.05 bits per heavy atom. The standard InChI is InChI=1S/C17H34N2/c1-13-11-19(8-7-15(13)18-6)14-9-16(2,3)12-17(4,5)10-14/h13-15,18H,7-12H2,1-6H3. The Balaban J connectivity index is 2.02. The molecule has 19 heavy (non-hydrogen) atoms. The lowest BCUT2D eigenvalue weighted by Crippen LogP contribution is -2.54. The fraction of sp³-hybridized carbons (Fsp3) is 1.00. The van der Waals surface area contributed by atoms with Crippen LogP contribution in [0.1, 0.15) is 60.3 Å². The van der Waals surface area contributed by atoms with Crippen LogP contribution in [0, 0.1) is 16.7 Å². The van der Waals surface area contributed by atoms with Gasteiger partial charge in [-0.25, -0.2) is 0 Å². The van der Waals surface area contributed by atoms with E-state index >= 15 is 0 Å². The third-order valence-electron chi connectivity index (χ3n) is 5.36. The highest BCUT2D eigenvalue weighted by Gasteiger charge is 2.41. The van der Waals surface area contributed by atoms with Gasteiger partial charge in [-0.1, -0.05) is 34.6 Å². The van der Waals surface area contributed by atoms with Gasteiger partial charge in [0.2, 0.25) is 0 Å². The van der Waals surface area contributed by atoms with E-state index in [-0.39, 0.29) is 0 Å². The molecule has 1 aliphatic carbocycles. The van der Waals surface area contributed by atoms with Gasteiger partial charge in [0.05, 0.1) is 0 Å². The molecule has 0 aromatic carbocycles. The molecule has 1 saturated carbocycles. The normalized spacial score (nSPS) is 36.3. The zero-order valence-electron chi connectivity index (χ0n) is 13.9. The fourth-order valence-electron chi connectivity index (χ4n) is 4.98. The largest absolute Gasteiger partial charge is 0.317 e. The zero-order chi connectivity index (χ0) is 14.3. The van der Waals surface area contributed by atoms with Gasteiger partial charge in [0.1, 0.15) is 0 Å². The van der Waals surface area contributed by atoms with Gasteiger partial charge in [0.25, 0.3) is 0 Å². The second kappa shape index (κ2) is 5.37. The third-order valence-corrected chi connectivity index (χ3v) is 5.36. The molecular weight excluding hydrogens is 232 g/mol. The Kier molecular flexibility index (Phi) is 4.32. The highest BCUT2D eigenvalue weighted by Crippen LogP contribution is 2.47. The van der Waals surface area contributed by atoms with E-state index in [1.54, 1.807) is 0 Å². The van der Waals surface area contributed by atoms with Crippen molar-refractivity contribution in [3.8, 4) is 0 Å². The van der Waals surface area contributed by atoms with Crippen LogP contribution in [-0.2, 0) is 0 Å². The molecule has 2 heteroatoms. The maximum Gasteiger partial charge on any atom is 0.0114 e. The number of hydrogen-bond donors (Lipinski definition) is 1. The van der Waals surface area contributed by atoms with Crippen LogP contribution in [0.5, 0.6) is 0 Å². The molecule has 2 nitrogen and oxygen atoms in total. The summed E-state index contributed by atoms with van der Waals surface area (Å²) in [6, 6.07) is 1.53. The molecule has 0 aromatic heterocycles. The van der Waals surface area contributed by atoms with E-state index < -0.39 is 0 Å². The summed E-state index contributed by atoms with van der Waals surface area (Å²) in [6.45, 7) is 14.8. The van der Waals surface area contributed by atoms with E-state index in [0.29, 0.717) is 10.8 Å². The number of hydrogen-bond acceptors (Lipinski definition) is 2. The van der Waals surface area contributed by atoms with Crippen molar-refractivity contribution in [1.82, 2.24) is 10.2 Å². The minimum atomic E-state index is 0.509. The van der Waals surface area contributed by atoms with E-state index in [9.17, 15) is 0 Å². The van der Waals surface area contributed by atoms with Crippen molar-refractivity contribution in [1.29, 1.82) is 0 Å². The van der Waals surface area contributed by atoms with Crippen LogP contribution >= 0.6 is 0 Å². The molecule has 1 N–H and O–H groups in total. The van der Waals surface area contributed by atoms with E-state index in [2.05, 4.69) is 51.9 Å². The molecule has 2 fully saturated rings. The zero-order valence-corrected chi connectivity index (χ0v) is 13.9. The Morgan fingerprint density at radius 2 is 1.63 bits per heavy atom. The first-order chi connectivity index (χ1) is 8.72. The smallest absolute Gasteiger partial charge is 0.0114 e. The molecule has 1 heterocycles. The molecule has 0 bridgehead atoms. The van der Waals surface area contributed by atoms with E-state index in [4.69, 9.17) is 0 Å². The van der Waals surface area contributed by atoms with Crippen LogP contribution in [0.3, 0.4) is 0 Å². The van der Waals surface area contributed by atoms with E-state index in [1.165, 1.54) is 38.8 Å². The van der Waals surface area contributed by atoms with Crippen molar-refractivity contribution in [3.05, 3.63) is 0 Å². The third kappa shape index (κ3) is 3.72. The van der Waals surface area contributed by atoms with Crippen molar-refractivity contribution in [2.45, 2.75) is 72.4 Å². The maximum absolute atomic E-state index is 3.48. The van der Waals surface area contributed by atoms with Crippen LogP contribution in [0.25, 0.3) is 0 Å². The van der Waals surface area contributed by atoms with Crippen LogP contribution in [0.15, 0.2) is 0 Å². The molecule has 2 rings (SSSR count). The average Bonchev–Trinajstić information content (AvgIpc) is 2.24. The highest BCUT2D eigenvalue weighted by atomic mass is 15.2. The van der Waals surface area contributed by atoms with Crippen molar-refractivity contribution in [2.24, 2.45) is 16.7 Å². The predicted molar refractivity (Wildman–Crippen MR) is 83.4 cm³/mol. The summed E-state index contributed by atoms with van der Waals surface area (Å²) in [5.41, 5.74) is 1.02. The first-order valence-electron chi connectivity index (χ1n) is 8.14. The molecule has 0 radical (unpaired) electrons. The molecule has 0 aromatic rings. The predicted octanol–water partition coefficient (Wildman–Crippen LogP) is 3.52. The molecule has 2 unspecified atom stereocenters. The minimum Gasteiger partial charge on any atom is -0.317 e. The topological polar surface area (TPSA) is 15.3 Å². The van der Waals surface area contributed by atoms with Gasteiger partial charge in [-0.2, -0.15) is 0 Å². The lowest BCUT2D eigenvalue weighted by molar-refractivity contribution is 0.00217. The summed E-state index contributed by atoms with van der Waals surface area (Å²) in [4.78, 5) is 2.79. The van der Waals surface area contributed by atoms with Gasteiger partial charge >= 0.3 is 0 Å². The Bertz CT molecular complexity index is 292. The quantitative estimate of drug-likeness (QED) is 0.822. The van der Waals surface area contributed by atoms with Crippen molar-refractivity contribution < 1.29 is 0 Å². The molecule has 2 aliphatic rings. The summed E-state index contributed by atoms with van der Waals surface area (Å²) in [5.74, 6) is 0.784. The van der Waals surface area contributed by atoms with Gasteiger partial charge < -0.3 is 5.32 Å². The monoisotopic (exact) mass is 266 g/mol. The van der Waals surface area contributed by atoms with E-state index in [0.717, 1.165) is 18.0 Å². The number of piperidine rings is 1. The van der Waals surface area contributed by atoms with Crippen molar-refractivity contribution in [2.75, 3.05) is 20.1 Å². The van der Waals surface area contributed by atoms with E-state index in [1.807, 2.05) is 0 Å². The second-order valence-electron chi connectivity index (χ2n) is 8.72. The Labute approximate surface area is 120 Å². The van der Waals surface area contributed by atoms with Crippen molar-refractivity contribution >= 4 is 0 Å². The van der Waals surface area contributed by atoms with Gasteiger partial charge in [-0.3, -0.25) is 4.90 Å². The summed E-state index contributed by atoms with van der Waals surface area (Å²) in [5, 5.41) is 3.48. The molecular formula is C17H34N2. The first kappa shape index (κ1) is 15.3. The van der Waals surface area contributed by atoms with Crippen LogP contribution in [-0.4, -0.2) is 37.1 Å². The Morgan fingerprint density at radius 3 is 2.11 bits per heavy atom. The molecule has 112 valence electrons. The Hall–Kier alpha value is -0.0800. The minimum absolute atomic E-state index is 0.509. The molecule has 0 spiro atoms. The molecule has 1 aliphatic heterocycles. The van der Waals surface area contributed by atoms with Gasteiger partial charge in [-0.05, 0) is 56.0 Å². The average molecular weight is 266 g/mol. The second-order valence-corrected chi connectivity index (χ2v) is 8.72. The van der Waals surface area contributed by atoms with Gasteiger partial charge in [-0.15, -0.1) is 0 Å².